The van der Waals surface area contributed by atoms with E-state index in [1.54, 1.807) is 18.6 Å². The van der Waals surface area contributed by atoms with Crippen molar-refractivity contribution in [1.29, 1.82) is 0 Å². The summed E-state index contributed by atoms with van der Waals surface area (Å²) in [6, 6.07) is 15.7. The van der Waals surface area contributed by atoms with Gasteiger partial charge in [-0.1, -0.05) is 30.3 Å². The first kappa shape index (κ1) is 20.5. The maximum absolute atomic E-state index is 12.6. The molecule has 5 rings (SSSR count). The summed E-state index contributed by atoms with van der Waals surface area (Å²) >= 11 is 0. The van der Waals surface area contributed by atoms with Gasteiger partial charge >= 0.3 is 0 Å². The Morgan fingerprint density at radius 2 is 1.67 bits per heavy atom. The number of benzene rings is 1. The van der Waals surface area contributed by atoms with Gasteiger partial charge in [0.15, 0.2) is 0 Å². The largest absolute Gasteiger partial charge is 0.346 e. The number of pyridine rings is 2. The molecule has 0 aliphatic rings. The number of aromatic nitrogens is 5. The van der Waals surface area contributed by atoms with Gasteiger partial charge in [-0.3, -0.25) is 9.78 Å². The molecule has 7 heteroatoms. The molecule has 1 amide bonds. The number of nitrogens with one attached hydrogen (secondary N) is 2. The van der Waals surface area contributed by atoms with Gasteiger partial charge in [-0.25, -0.2) is 15.0 Å². The van der Waals surface area contributed by atoms with Crippen LogP contribution in [0.5, 0.6) is 0 Å². The van der Waals surface area contributed by atoms with Gasteiger partial charge in [0.1, 0.15) is 5.65 Å². The van der Waals surface area contributed by atoms with E-state index in [1.807, 2.05) is 68.7 Å². The highest BCUT2D eigenvalue weighted by molar-refractivity contribution is 5.96. The molecule has 1 atom stereocenters. The third kappa shape index (κ3) is 4.21. The third-order valence-electron chi connectivity index (χ3n) is 5.57. The highest BCUT2D eigenvalue weighted by atomic mass is 16.2. The molecule has 33 heavy (non-hydrogen) atoms. The van der Waals surface area contributed by atoms with Crippen LogP contribution in [0.2, 0.25) is 0 Å². The Balaban J connectivity index is 1.40. The lowest BCUT2D eigenvalue weighted by atomic mass is 10.0. The van der Waals surface area contributed by atoms with Gasteiger partial charge in [-0.15, -0.1) is 0 Å². The van der Waals surface area contributed by atoms with Crippen molar-refractivity contribution in [2.45, 2.75) is 19.9 Å². The molecule has 0 radical (unpaired) electrons. The molecule has 0 aliphatic carbocycles. The van der Waals surface area contributed by atoms with Crippen LogP contribution < -0.4 is 5.32 Å². The molecule has 7 nitrogen and oxygen atoms in total. The van der Waals surface area contributed by atoms with Crippen LogP contribution in [0.4, 0.5) is 0 Å². The molecule has 5 aromatic rings. The highest BCUT2D eigenvalue weighted by Gasteiger charge is 2.15. The fourth-order valence-corrected chi connectivity index (χ4v) is 3.80. The minimum atomic E-state index is -0.311. The molecule has 162 valence electrons. The van der Waals surface area contributed by atoms with E-state index in [4.69, 9.17) is 0 Å². The number of nitrogens with zero attached hydrogens (tertiary/aromatic N) is 4. The van der Waals surface area contributed by atoms with Crippen molar-refractivity contribution < 1.29 is 4.79 Å². The lowest BCUT2D eigenvalue weighted by Crippen LogP contribution is -2.28. The summed E-state index contributed by atoms with van der Waals surface area (Å²) in [5, 5.41) is 3.90. The first-order valence-corrected chi connectivity index (χ1v) is 10.7. The van der Waals surface area contributed by atoms with Crippen molar-refractivity contribution in [2.75, 3.05) is 0 Å². The van der Waals surface area contributed by atoms with Gasteiger partial charge in [0.25, 0.3) is 5.91 Å². The second kappa shape index (κ2) is 8.63. The van der Waals surface area contributed by atoms with Crippen molar-refractivity contribution >= 4 is 16.9 Å². The number of hydrogen-bond donors (Lipinski definition) is 2. The zero-order valence-electron chi connectivity index (χ0n) is 18.3. The molecule has 0 unspecified atom stereocenters. The van der Waals surface area contributed by atoms with Gasteiger partial charge in [-0.2, -0.15) is 0 Å². The van der Waals surface area contributed by atoms with Crippen molar-refractivity contribution in [3.8, 4) is 22.3 Å². The standard InChI is InChI=1S/C26H22N6O/c1-16-10-19(8-9-27-16)20-11-22-23(15-31-24(22)28-12-20)21-13-29-25(30-14-21)26(33)32-17(2)18-6-4-3-5-7-18/h3-15,17H,1-2H3,(H,28,31)(H,32,33)/t17-/m1/s1. The SMILES string of the molecule is Cc1cc(-c2cnc3[nH]cc(-c4cnc(C(=O)N[C@H](C)c5ccccc5)nc4)c3c2)ccn1. The Kier molecular flexibility index (Phi) is 5.36. The van der Waals surface area contributed by atoms with E-state index in [0.29, 0.717) is 0 Å². The van der Waals surface area contributed by atoms with Crippen molar-refractivity contribution in [1.82, 2.24) is 30.2 Å². The third-order valence-corrected chi connectivity index (χ3v) is 5.57. The number of hydrogen-bond acceptors (Lipinski definition) is 5. The van der Waals surface area contributed by atoms with Crippen LogP contribution in [0.25, 0.3) is 33.3 Å². The lowest BCUT2D eigenvalue weighted by molar-refractivity contribution is 0.0929. The van der Waals surface area contributed by atoms with E-state index in [1.165, 1.54) is 0 Å². The highest BCUT2D eigenvalue weighted by Crippen LogP contribution is 2.30. The van der Waals surface area contributed by atoms with Crippen molar-refractivity contribution in [3.05, 3.63) is 96.6 Å². The minimum absolute atomic E-state index is 0.132. The molecular weight excluding hydrogens is 412 g/mol. The van der Waals surface area contributed by atoms with Crippen LogP contribution in [-0.2, 0) is 0 Å². The number of amides is 1. The predicted octanol–water partition coefficient (Wildman–Crippen LogP) is 4.88. The number of carbonyl (C=O) groups excluding carboxylic acids is 1. The number of aromatic amines is 1. The maximum atomic E-state index is 12.6. The molecule has 0 fully saturated rings. The summed E-state index contributed by atoms with van der Waals surface area (Å²) in [6.45, 7) is 3.90. The zero-order chi connectivity index (χ0) is 22.8. The summed E-state index contributed by atoms with van der Waals surface area (Å²) in [5.41, 5.74) is 6.53. The maximum Gasteiger partial charge on any atom is 0.289 e. The Bertz CT molecular complexity index is 1430. The fraction of sp³-hybridized carbons (Fsp3) is 0.115. The molecule has 0 saturated carbocycles. The van der Waals surface area contributed by atoms with Crippen LogP contribution in [0.1, 0.15) is 34.8 Å². The first-order chi connectivity index (χ1) is 16.1. The second-order valence-electron chi connectivity index (χ2n) is 7.91. The molecule has 0 spiro atoms. The minimum Gasteiger partial charge on any atom is -0.346 e. The van der Waals surface area contributed by atoms with E-state index in [-0.39, 0.29) is 17.8 Å². The van der Waals surface area contributed by atoms with E-state index < -0.39 is 0 Å². The van der Waals surface area contributed by atoms with Crippen molar-refractivity contribution in [3.63, 3.8) is 0 Å². The van der Waals surface area contributed by atoms with Gasteiger partial charge in [-0.05, 0) is 43.2 Å². The molecule has 0 aliphatic heterocycles. The van der Waals surface area contributed by atoms with Gasteiger partial charge in [0, 0.05) is 58.8 Å². The molecular formula is C26H22N6O. The summed E-state index contributed by atoms with van der Waals surface area (Å²) in [5.74, 6) is -0.179. The van der Waals surface area contributed by atoms with E-state index in [0.717, 1.165) is 44.5 Å². The molecule has 0 bridgehead atoms. The van der Waals surface area contributed by atoms with Crippen LogP contribution in [0.3, 0.4) is 0 Å². The van der Waals surface area contributed by atoms with E-state index in [9.17, 15) is 4.79 Å². The Morgan fingerprint density at radius 3 is 2.42 bits per heavy atom. The number of fused-ring (bicyclic) bond motifs is 1. The average molecular weight is 435 g/mol. The zero-order valence-corrected chi connectivity index (χ0v) is 18.3. The number of rotatable bonds is 5. The predicted molar refractivity (Wildman–Crippen MR) is 127 cm³/mol. The Labute approximate surface area is 191 Å². The topological polar surface area (TPSA) is 96.5 Å². The van der Waals surface area contributed by atoms with Crippen molar-refractivity contribution in [2.24, 2.45) is 0 Å². The molecule has 2 N–H and O–H groups in total. The van der Waals surface area contributed by atoms with Gasteiger partial charge in [0.05, 0.1) is 6.04 Å². The smallest absolute Gasteiger partial charge is 0.289 e. The Morgan fingerprint density at radius 1 is 0.909 bits per heavy atom. The molecule has 4 heterocycles. The second-order valence-corrected chi connectivity index (χ2v) is 7.91. The summed E-state index contributed by atoms with van der Waals surface area (Å²) < 4.78 is 0. The van der Waals surface area contributed by atoms with Crippen LogP contribution >= 0.6 is 0 Å². The van der Waals surface area contributed by atoms with E-state index >= 15 is 0 Å². The Hall–Kier alpha value is -4.39. The monoisotopic (exact) mass is 434 g/mol. The quantitative estimate of drug-likeness (QED) is 0.411. The summed E-state index contributed by atoms with van der Waals surface area (Å²) in [4.78, 5) is 33.3. The molecule has 4 aromatic heterocycles. The average Bonchev–Trinajstić information content (AvgIpc) is 3.28. The van der Waals surface area contributed by atoms with Gasteiger partial charge in [0.2, 0.25) is 5.82 Å². The first-order valence-electron chi connectivity index (χ1n) is 10.7. The summed E-state index contributed by atoms with van der Waals surface area (Å²) in [7, 11) is 0. The van der Waals surface area contributed by atoms with Crippen LogP contribution in [0.15, 0.2) is 79.5 Å². The fourth-order valence-electron chi connectivity index (χ4n) is 3.80. The van der Waals surface area contributed by atoms with E-state index in [2.05, 4.69) is 36.3 Å². The summed E-state index contributed by atoms with van der Waals surface area (Å²) in [6.07, 6.45) is 8.86. The van der Waals surface area contributed by atoms with Crippen LogP contribution in [0, 0.1) is 6.92 Å². The normalized spacial score (nSPS) is 11.9. The van der Waals surface area contributed by atoms with Crippen LogP contribution in [-0.4, -0.2) is 30.8 Å². The molecule has 1 aromatic carbocycles. The number of aryl methyl sites for hydroxylation is 1. The number of H-pyrrole nitrogens is 1. The lowest BCUT2D eigenvalue weighted by Gasteiger charge is -2.13. The van der Waals surface area contributed by atoms with Gasteiger partial charge < -0.3 is 10.3 Å². The molecule has 0 saturated heterocycles. The number of carbonyl (C=O) groups is 1.